The van der Waals surface area contributed by atoms with Gasteiger partial charge in [-0.25, -0.2) is 0 Å². The van der Waals surface area contributed by atoms with E-state index in [2.05, 4.69) is 6.92 Å². The van der Waals surface area contributed by atoms with Crippen molar-refractivity contribution in [2.24, 2.45) is 0 Å². The van der Waals surface area contributed by atoms with Crippen molar-refractivity contribution in [3.63, 3.8) is 0 Å². The second kappa shape index (κ2) is 5.93. The van der Waals surface area contributed by atoms with E-state index in [1.807, 2.05) is 44.2 Å². The van der Waals surface area contributed by atoms with Crippen LogP contribution in [0, 0.1) is 13.8 Å². The molecule has 0 saturated carbocycles. The molecular weight excluding hydrogens is 240 g/mol. The molecule has 0 bridgehead atoms. The topological polar surface area (TPSA) is 42.6 Å². The molecule has 0 aliphatic heterocycles. The molecule has 102 valence electrons. The molecule has 0 amide bonds. The lowest BCUT2D eigenvalue weighted by atomic mass is 10.0. The van der Waals surface area contributed by atoms with E-state index in [0.717, 1.165) is 34.8 Å². The second-order valence-corrected chi connectivity index (χ2v) is 4.66. The lowest BCUT2D eigenvalue weighted by Gasteiger charge is -2.15. The fourth-order valence-electron chi connectivity index (χ4n) is 2.14. The van der Waals surface area contributed by atoms with Crippen molar-refractivity contribution in [3.05, 3.63) is 53.0 Å². The summed E-state index contributed by atoms with van der Waals surface area (Å²) in [5.74, 6) is 2.28. The summed E-state index contributed by atoms with van der Waals surface area (Å²) < 4.78 is 11.2. The summed E-state index contributed by atoms with van der Waals surface area (Å²) in [5, 5.41) is 10.5. The van der Waals surface area contributed by atoms with Crippen LogP contribution in [0.15, 0.2) is 34.7 Å². The Hall–Kier alpha value is -1.74. The third kappa shape index (κ3) is 2.99. The minimum absolute atomic E-state index is 0.646. The summed E-state index contributed by atoms with van der Waals surface area (Å²) in [6, 6.07) is 9.46. The molecule has 1 N–H and O–H groups in total. The SMILES string of the molecule is CCCOc1ccccc1C(O)c1cc(C)oc1C. The third-order valence-corrected chi connectivity index (χ3v) is 3.05. The van der Waals surface area contributed by atoms with Crippen molar-refractivity contribution < 1.29 is 14.3 Å². The van der Waals surface area contributed by atoms with Crippen LogP contribution in [-0.2, 0) is 0 Å². The van der Waals surface area contributed by atoms with Gasteiger partial charge in [-0.1, -0.05) is 25.1 Å². The molecule has 2 rings (SSSR count). The average Bonchev–Trinajstić information content (AvgIpc) is 2.75. The van der Waals surface area contributed by atoms with Gasteiger partial charge in [0.1, 0.15) is 23.4 Å². The summed E-state index contributed by atoms with van der Waals surface area (Å²) in [5.41, 5.74) is 1.57. The first-order valence-corrected chi connectivity index (χ1v) is 6.60. The largest absolute Gasteiger partial charge is 0.493 e. The highest BCUT2D eigenvalue weighted by Gasteiger charge is 2.19. The van der Waals surface area contributed by atoms with Gasteiger partial charge in [0.25, 0.3) is 0 Å². The number of rotatable bonds is 5. The van der Waals surface area contributed by atoms with Crippen molar-refractivity contribution in [2.75, 3.05) is 6.61 Å². The molecule has 1 unspecified atom stereocenters. The zero-order valence-electron chi connectivity index (χ0n) is 11.6. The first-order chi connectivity index (χ1) is 9.13. The van der Waals surface area contributed by atoms with Crippen LogP contribution in [0.1, 0.15) is 42.1 Å². The highest BCUT2D eigenvalue weighted by Crippen LogP contribution is 2.32. The van der Waals surface area contributed by atoms with Gasteiger partial charge in [-0.2, -0.15) is 0 Å². The lowest BCUT2D eigenvalue weighted by molar-refractivity contribution is 0.208. The summed E-state index contributed by atoms with van der Waals surface area (Å²) in [4.78, 5) is 0. The number of furan rings is 1. The average molecular weight is 260 g/mol. The van der Waals surface area contributed by atoms with Crippen molar-refractivity contribution in [3.8, 4) is 5.75 Å². The smallest absolute Gasteiger partial charge is 0.125 e. The van der Waals surface area contributed by atoms with Crippen LogP contribution in [0.5, 0.6) is 5.75 Å². The Bertz CT molecular complexity index is 543. The Morgan fingerprint density at radius 2 is 1.95 bits per heavy atom. The van der Waals surface area contributed by atoms with Crippen LogP contribution >= 0.6 is 0 Å². The second-order valence-electron chi connectivity index (χ2n) is 4.66. The predicted molar refractivity (Wildman–Crippen MR) is 74.5 cm³/mol. The van der Waals surface area contributed by atoms with Crippen molar-refractivity contribution in [1.29, 1.82) is 0 Å². The maximum absolute atomic E-state index is 10.5. The Balaban J connectivity index is 2.32. The van der Waals surface area contributed by atoms with Crippen molar-refractivity contribution in [2.45, 2.75) is 33.3 Å². The van der Waals surface area contributed by atoms with Gasteiger partial charge in [0, 0.05) is 11.1 Å². The Kier molecular flexibility index (Phi) is 4.27. The standard InChI is InChI=1S/C16H20O3/c1-4-9-18-15-8-6-5-7-13(15)16(17)14-10-11(2)19-12(14)3/h5-8,10,16-17H,4,9H2,1-3H3. The number of aliphatic hydroxyl groups excluding tert-OH is 1. The highest BCUT2D eigenvalue weighted by molar-refractivity contribution is 5.41. The first kappa shape index (κ1) is 13.7. The normalized spacial score (nSPS) is 12.4. The zero-order chi connectivity index (χ0) is 13.8. The van der Waals surface area contributed by atoms with E-state index < -0.39 is 6.10 Å². The molecule has 0 radical (unpaired) electrons. The maximum atomic E-state index is 10.5. The van der Waals surface area contributed by atoms with Gasteiger partial charge in [-0.05, 0) is 32.4 Å². The van der Waals surface area contributed by atoms with Crippen LogP contribution < -0.4 is 4.74 Å². The lowest BCUT2D eigenvalue weighted by Crippen LogP contribution is -2.05. The monoisotopic (exact) mass is 260 g/mol. The van der Waals surface area contributed by atoms with Gasteiger partial charge < -0.3 is 14.3 Å². The molecule has 1 aromatic heterocycles. The maximum Gasteiger partial charge on any atom is 0.125 e. The van der Waals surface area contributed by atoms with E-state index in [9.17, 15) is 5.11 Å². The van der Waals surface area contributed by atoms with E-state index in [0.29, 0.717) is 6.61 Å². The Morgan fingerprint density at radius 1 is 1.21 bits per heavy atom. The third-order valence-electron chi connectivity index (χ3n) is 3.05. The molecule has 3 nitrogen and oxygen atoms in total. The van der Waals surface area contributed by atoms with Gasteiger partial charge >= 0.3 is 0 Å². The molecule has 1 atom stereocenters. The number of ether oxygens (including phenoxy) is 1. The quantitative estimate of drug-likeness (QED) is 0.890. The van der Waals surface area contributed by atoms with E-state index >= 15 is 0 Å². The highest BCUT2D eigenvalue weighted by atomic mass is 16.5. The van der Waals surface area contributed by atoms with Crippen molar-refractivity contribution >= 4 is 0 Å². The number of hydrogen-bond donors (Lipinski definition) is 1. The van der Waals surface area contributed by atoms with Crippen LogP contribution in [0.3, 0.4) is 0 Å². The van der Waals surface area contributed by atoms with E-state index in [-0.39, 0.29) is 0 Å². The molecule has 0 aliphatic carbocycles. The number of hydrogen-bond acceptors (Lipinski definition) is 3. The molecule has 1 aromatic carbocycles. The Labute approximate surface area is 113 Å². The van der Waals surface area contributed by atoms with Gasteiger partial charge in [-0.3, -0.25) is 0 Å². The molecule has 0 fully saturated rings. The molecule has 0 aliphatic rings. The number of benzene rings is 1. The molecular formula is C16H20O3. The molecule has 0 saturated heterocycles. The van der Waals surface area contributed by atoms with E-state index in [1.165, 1.54) is 0 Å². The van der Waals surface area contributed by atoms with Crippen LogP contribution in [0.4, 0.5) is 0 Å². The minimum Gasteiger partial charge on any atom is -0.493 e. The molecule has 3 heteroatoms. The Morgan fingerprint density at radius 3 is 2.58 bits per heavy atom. The van der Waals surface area contributed by atoms with Gasteiger partial charge in [0.15, 0.2) is 0 Å². The van der Waals surface area contributed by atoms with E-state index in [4.69, 9.17) is 9.15 Å². The van der Waals surface area contributed by atoms with Crippen LogP contribution in [-0.4, -0.2) is 11.7 Å². The summed E-state index contributed by atoms with van der Waals surface area (Å²) in [7, 11) is 0. The first-order valence-electron chi connectivity index (χ1n) is 6.60. The summed E-state index contributed by atoms with van der Waals surface area (Å²) in [6.07, 6.45) is 0.222. The molecule has 1 heterocycles. The number of para-hydroxylation sites is 1. The predicted octanol–water partition coefficient (Wildman–Crippen LogP) is 3.77. The molecule has 2 aromatic rings. The van der Waals surface area contributed by atoms with Crippen LogP contribution in [0.25, 0.3) is 0 Å². The minimum atomic E-state index is -0.717. The van der Waals surface area contributed by atoms with E-state index in [1.54, 1.807) is 0 Å². The fourth-order valence-corrected chi connectivity index (χ4v) is 2.14. The molecule has 0 spiro atoms. The van der Waals surface area contributed by atoms with Gasteiger partial charge in [0.05, 0.1) is 6.61 Å². The number of aryl methyl sites for hydroxylation is 2. The number of aliphatic hydroxyl groups is 1. The van der Waals surface area contributed by atoms with Crippen molar-refractivity contribution in [1.82, 2.24) is 0 Å². The van der Waals surface area contributed by atoms with Gasteiger partial charge in [0.2, 0.25) is 0 Å². The van der Waals surface area contributed by atoms with Crippen LogP contribution in [0.2, 0.25) is 0 Å². The fraction of sp³-hybridized carbons (Fsp3) is 0.375. The zero-order valence-corrected chi connectivity index (χ0v) is 11.6. The van der Waals surface area contributed by atoms with Gasteiger partial charge in [-0.15, -0.1) is 0 Å². The molecule has 19 heavy (non-hydrogen) atoms. The summed E-state index contributed by atoms with van der Waals surface area (Å²) >= 11 is 0. The summed E-state index contributed by atoms with van der Waals surface area (Å²) in [6.45, 7) is 6.44.